The molecule has 104 valence electrons. The zero-order valence-electron chi connectivity index (χ0n) is 10.7. The Morgan fingerprint density at radius 1 is 1.15 bits per heavy atom. The lowest BCUT2D eigenvalue weighted by atomic mass is 10.2. The summed E-state index contributed by atoms with van der Waals surface area (Å²) in [4.78, 5) is 0. The highest BCUT2D eigenvalue weighted by Crippen LogP contribution is 2.21. The molecule has 1 aliphatic heterocycles. The zero-order valence-corrected chi connectivity index (χ0v) is 11.4. The standard InChI is InChI=1S/C14H13ClN2O3/c15-13-5-6-14(17-16-13)20-7-10-3-1-2-4-12(10)19-9-11-8-18-11/h1-6,11H,7-9H2. The SMILES string of the molecule is Clc1ccc(OCc2ccccc2OCC2CO2)nn1. The van der Waals surface area contributed by atoms with Gasteiger partial charge in [-0.1, -0.05) is 29.8 Å². The maximum atomic E-state index is 5.71. The summed E-state index contributed by atoms with van der Waals surface area (Å²) in [7, 11) is 0. The molecule has 2 aromatic rings. The molecule has 0 amide bonds. The van der Waals surface area contributed by atoms with E-state index in [0.29, 0.717) is 24.2 Å². The number of epoxide rings is 1. The van der Waals surface area contributed by atoms with Gasteiger partial charge in [-0.2, -0.15) is 0 Å². The summed E-state index contributed by atoms with van der Waals surface area (Å²) in [6.07, 6.45) is 0.228. The normalized spacial score (nSPS) is 16.8. The highest BCUT2D eigenvalue weighted by atomic mass is 35.5. The van der Waals surface area contributed by atoms with E-state index in [-0.39, 0.29) is 6.10 Å². The van der Waals surface area contributed by atoms with Gasteiger partial charge in [-0.3, -0.25) is 0 Å². The number of halogens is 1. The van der Waals surface area contributed by atoms with Crippen molar-refractivity contribution in [3.05, 3.63) is 47.1 Å². The quantitative estimate of drug-likeness (QED) is 0.766. The number of rotatable bonds is 6. The van der Waals surface area contributed by atoms with Crippen LogP contribution in [-0.2, 0) is 11.3 Å². The molecule has 0 saturated carbocycles. The average molecular weight is 293 g/mol. The van der Waals surface area contributed by atoms with Crippen LogP contribution in [0.25, 0.3) is 0 Å². The van der Waals surface area contributed by atoms with Crippen molar-refractivity contribution in [3.8, 4) is 11.6 Å². The van der Waals surface area contributed by atoms with E-state index in [2.05, 4.69) is 10.2 Å². The summed E-state index contributed by atoms with van der Waals surface area (Å²) < 4.78 is 16.4. The minimum atomic E-state index is 0.228. The smallest absolute Gasteiger partial charge is 0.233 e. The van der Waals surface area contributed by atoms with Gasteiger partial charge < -0.3 is 14.2 Å². The fourth-order valence-corrected chi connectivity index (χ4v) is 1.74. The Bertz CT molecular complexity index is 573. The van der Waals surface area contributed by atoms with E-state index < -0.39 is 0 Å². The number of nitrogens with zero attached hydrogens (tertiary/aromatic N) is 2. The van der Waals surface area contributed by atoms with Crippen LogP contribution in [0.1, 0.15) is 5.56 Å². The molecule has 0 bridgehead atoms. The molecule has 0 radical (unpaired) electrons. The third-order valence-corrected chi connectivity index (χ3v) is 2.98. The van der Waals surface area contributed by atoms with Gasteiger partial charge in [0.1, 0.15) is 25.1 Å². The molecule has 3 rings (SSSR count). The van der Waals surface area contributed by atoms with Crippen molar-refractivity contribution in [1.29, 1.82) is 0 Å². The molecule has 0 spiro atoms. The van der Waals surface area contributed by atoms with Gasteiger partial charge in [0.05, 0.1) is 6.61 Å². The predicted molar refractivity (Wildman–Crippen MR) is 73.1 cm³/mol. The van der Waals surface area contributed by atoms with E-state index in [1.165, 1.54) is 0 Å². The van der Waals surface area contributed by atoms with Gasteiger partial charge >= 0.3 is 0 Å². The van der Waals surface area contributed by atoms with Crippen LogP contribution in [0.15, 0.2) is 36.4 Å². The van der Waals surface area contributed by atoms with Crippen molar-refractivity contribution >= 4 is 11.6 Å². The third-order valence-electron chi connectivity index (χ3n) is 2.78. The summed E-state index contributed by atoms with van der Waals surface area (Å²) in [6.45, 7) is 1.70. The Hall–Kier alpha value is -1.85. The second-order valence-corrected chi connectivity index (χ2v) is 4.74. The minimum Gasteiger partial charge on any atom is -0.490 e. The van der Waals surface area contributed by atoms with Gasteiger partial charge in [-0.15, -0.1) is 10.2 Å². The molecule has 1 atom stereocenters. The molecular weight excluding hydrogens is 280 g/mol. The summed E-state index contributed by atoms with van der Waals surface area (Å²) in [5, 5.41) is 7.90. The highest BCUT2D eigenvalue weighted by Gasteiger charge is 2.23. The predicted octanol–water partition coefficient (Wildman–Crippen LogP) is 2.49. The van der Waals surface area contributed by atoms with Crippen LogP contribution in [-0.4, -0.2) is 29.5 Å². The third kappa shape index (κ3) is 3.59. The summed E-state index contributed by atoms with van der Waals surface area (Å²) in [5.41, 5.74) is 0.949. The number of para-hydroxylation sites is 1. The maximum Gasteiger partial charge on any atom is 0.233 e. The number of benzene rings is 1. The van der Waals surface area contributed by atoms with Gasteiger partial charge in [0.2, 0.25) is 5.88 Å². The molecule has 5 nitrogen and oxygen atoms in total. The minimum absolute atomic E-state index is 0.228. The molecule has 1 fully saturated rings. The first-order valence-electron chi connectivity index (χ1n) is 6.25. The van der Waals surface area contributed by atoms with Crippen LogP contribution in [0.3, 0.4) is 0 Å². The van der Waals surface area contributed by atoms with Crippen LogP contribution in [0, 0.1) is 0 Å². The second-order valence-electron chi connectivity index (χ2n) is 4.36. The van der Waals surface area contributed by atoms with E-state index in [1.807, 2.05) is 24.3 Å². The first-order chi connectivity index (χ1) is 9.81. The first kappa shape index (κ1) is 13.1. The van der Waals surface area contributed by atoms with E-state index in [1.54, 1.807) is 12.1 Å². The zero-order chi connectivity index (χ0) is 13.8. The molecule has 1 aliphatic rings. The summed E-state index contributed by atoms with van der Waals surface area (Å²) in [6, 6.07) is 11.0. The molecule has 6 heteroatoms. The van der Waals surface area contributed by atoms with E-state index >= 15 is 0 Å². The summed E-state index contributed by atoms with van der Waals surface area (Å²) >= 11 is 5.67. The molecule has 1 saturated heterocycles. The number of aromatic nitrogens is 2. The van der Waals surface area contributed by atoms with Gasteiger partial charge in [0.25, 0.3) is 0 Å². The molecule has 0 N–H and O–H groups in total. The van der Waals surface area contributed by atoms with Crippen LogP contribution < -0.4 is 9.47 Å². The Kier molecular flexibility index (Phi) is 3.99. The largest absolute Gasteiger partial charge is 0.490 e. The fraction of sp³-hybridized carbons (Fsp3) is 0.286. The van der Waals surface area contributed by atoms with E-state index in [4.69, 9.17) is 25.8 Å². The number of hydrogen-bond donors (Lipinski definition) is 0. The van der Waals surface area contributed by atoms with Gasteiger partial charge in [-0.05, 0) is 12.1 Å². The van der Waals surface area contributed by atoms with Crippen molar-refractivity contribution in [3.63, 3.8) is 0 Å². The molecular formula is C14H13ClN2O3. The summed E-state index contributed by atoms with van der Waals surface area (Å²) in [5.74, 6) is 1.22. The Labute approximate surface area is 121 Å². The average Bonchev–Trinajstić information content (AvgIpc) is 3.30. The van der Waals surface area contributed by atoms with Crippen molar-refractivity contribution < 1.29 is 14.2 Å². The van der Waals surface area contributed by atoms with Crippen molar-refractivity contribution in [1.82, 2.24) is 10.2 Å². The van der Waals surface area contributed by atoms with Gasteiger partial charge in [0.15, 0.2) is 5.15 Å². The first-order valence-corrected chi connectivity index (χ1v) is 6.63. The molecule has 0 aliphatic carbocycles. The monoisotopic (exact) mass is 292 g/mol. The lowest BCUT2D eigenvalue weighted by Gasteiger charge is -2.11. The molecule has 1 aromatic carbocycles. The van der Waals surface area contributed by atoms with Crippen molar-refractivity contribution in [2.24, 2.45) is 0 Å². The van der Waals surface area contributed by atoms with Crippen molar-refractivity contribution in [2.45, 2.75) is 12.7 Å². The Morgan fingerprint density at radius 2 is 2.00 bits per heavy atom. The second kappa shape index (κ2) is 6.07. The fourth-order valence-electron chi connectivity index (χ4n) is 1.64. The molecule has 1 unspecified atom stereocenters. The number of ether oxygens (including phenoxy) is 3. The molecule has 2 heterocycles. The van der Waals surface area contributed by atoms with E-state index in [0.717, 1.165) is 17.9 Å². The van der Waals surface area contributed by atoms with Crippen LogP contribution in [0.5, 0.6) is 11.6 Å². The van der Waals surface area contributed by atoms with Gasteiger partial charge in [0, 0.05) is 11.6 Å². The Balaban J connectivity index is 1.62. The Morgan fingerprint density at radius 3 is 2.75 bits per heavy atom. The molecule has 20 heavy (non-hydrogen) atoms. The van der Waals surface area contributed by atoms with Crippen LogP contribution in [0.2, 0.25) is 5.15 Å². The molecule has 1 aromatic heterocycles. The van der Waals surface area contributed by atoms with E-state index in [9.17, 15) is 0 Å². The highest BCUT2D eigenvalue weighted by molar-refractivity contribution is 6.29. The topological polar surface area (TPSA) is 56.8 Å². The van der Waals surface area contributed by atoms with Crippen molar-refractivity contribution in [2.75, 3.05) is 13.2 Å². The van der Waals surface area contributed by atoms with Crippen LogP contribution in [0.4, 0.5) is 0 Å². The van der Waals surface area contributed by atoms with Crippen LogP contribution >= 0.6 is 11.6 Å². The lowest BCUT2D eigenvalue weighted by Crippen LogP contribution is -2.07. The van der Waals surface area contributed by atoms with Gasteiger partial charge in [-0.25, -0.2) is 0 Å². The maximum absolute atomic E-state index is 5.71. The lowest BCUT2D eigenvalue weighted by molar-refractivity contribution is 0.247. The number of hydrogen-bond acceptors (Lipinski definition) is 5.